The molecular formula is C34H35N5O4. The fourth-order valence-corrected chi connectivity index (χ4v) is 5.94. The van der Waals surface area contributed by atoms with Gasteiger partial charge in [0.15, 0.2) is 0 Å². The van der Waals surface area contributed by atoms with E-state index in [-0.39, 0.29) is 49.4 Å². The van der Waals surface area contributed by atoms with Crippen LogP contribution in [0.3, 0.4) is 0 Å². The third kappa shape index (κ3) is 6.52. The fraction of sp³-hybridized carbons (Fsp3) is 0.294. The molecule has 7 rings (SSSR count). The lowest BCUT2D eigenvalue weighted by Crippen LogP contribution is -2.46. The number of nitrogens with one attached hydrogen (secondary N) is 2. The molecule has 0 saturated carbocycles. The van der Waals surface area contributed by atoms with Crippen LogP contribution in [0.25, 0.3) is 22.0 Å². The van der Waals surface area contributed by atoms with E-state index >= 15 is 0 Å². The van der Waals surface area contributed by atoms with E-state index in [4.69, 9.17) is 4.74 Å². The number of benzene rings is 3. The predicted molar refractivity (Wildman–Crippen MR) is 165 cm³/mol. The molecular weight excluding hydrogens is 542 g/mol. The number of aromatic nitrogens is 1. The van der Waals surface area contributed by atoms with E-state index in [1.165, 1.54) is 0 Å². The average molecular weight is 578 g/mol. The molecule has 43 heavy (non-hydrogen) atoms. The van der Waals surface area contributed by atoms with Crippen molar-refractivity contribution < 1.29 is 19.1 Å². The molecule has 0 aliphatic carbocycles. The largest absolute Gasteiger partial charge is 0.489 e. The summed E-state index contributed by atoms with van der Waals surface area (Å²) in [6.45, 7) is 1.79. The van der Waals surface area contributed by atoms with Crippen LogP contribution in [0.5, 0.6) is 5.75 Å². The van der Waals surface area contributed by atoms with Crippen molar-refractivity contribution in [1.29, 1.82) is 0 Å². The number of nitrogens with zero attached hydrogens (tertiary/aromatic N) is 3. The van der Waals surface area contributed by atoms with Crippen molar-refractivity contribution in [2.75, 3.05) is 39.8 Å². The number of hydrogen-bond acceptors (Lipinski definition) is 6. The number of likely N-dealkylation sites (N-methyl/N-ethyl adjacent to an activating group) is 1. The first-order chi connectivity index (χ1) is 20.9. The lowest BCUT2D eigenvalue weighted by Gasteiger charge is -2.27. The van der Waals surface area contributed by atoms with Crippen LogP contribution in [0.4, 0.5) is 0 Å². The van der Waals surface area contributed by atoms with Gasteiger partial charge in [0, 0.05) is 43.0 Å². The third-order valence-electron chi connectivity index (χ3n) is 8.14. The van der Waals surface area contributed by atoms with Crippen LogP contribution in [0.1, 0.15) is 22.3 Å². The fourth-order valence-electron chi connectivity index (χ4n) is 5.94. The van der Waals surface area contributed by atoms with E-state index in [1.54, 1.807) is 18.3 Å². The summed E-state index contributed by atoms with van der Waals surface area (Å²) in [5.74, 6) is 0.304. The van der Waals surface area contributed by atoms with Crippen LogP contribution < -0.4 is 15.4 Å². The highest BCUT2D eigenvalue weighted by atomic mass is 16.5. The molecule has 3 amide bonds. The van der Waals surface area contributed by atoms with E-state index in [0.717, 1.165) is 21.9 Å². The highest BCUT2D eigenvalue weighted by Crippen LogP contribution is 2.29. The first-order valence-electron chi connectivity index (χ1n) is 14.6. The summed E-state index contributed by atoms with van der Waals surface area (Å²) in [5, 5.41) is 8.28. The average Bonchev–Trinajstić information content (AvgIpc) is 3.42. The zero-order valence-corrected chi connectivity index (χ0v) is 24.2. The normalized spacial score (nSPS) is 19.7. The first kappa shape index (κ1) is 28.4. The number of amides is 3. The van der Waals surface area contributed by atoms with Gasteiger partial charge in [0.05, 0.1) is 19.0 Å². The standard InChI is InChI=1S/C34H35N5O4/c1-38-17-16-36-34(42)25-13-11-24(12-14-25)33-30(10-5-15-35-33)43-22-28-19-27(20-39(28)32(41)21-38)37-31(40)18-26-8-4-7-23-6-2-3-9-29(23)26/h2-15,27-28H,16-22H2,1H3,(H,36,42)(H,37,40)/t27-,28-/m0/s1. The molecule has 9 nitrogen and oxygen atoms in total. The zero-order chi connectivity index (χ0) is 29.8. The molecule has 0 radical (unpaired) electrons. The van der Waals surface area contributed by atoms with Crippen LogP contribution in [0.15, 0.2) is 85.1 Å². The molecule has 2 N–H and O–H groups in total. The van der Waals surface area contributed by atoms with Crippen molar-refractivity contribution in [3.05, 3.63) is 96.2 Å². The molecule has 3 aliphatic heterocycles. The van der Waals surface area contributed by atoms with E-state index in [2.05, 4.69) is 15.6 Å². The van der Waals surface area contributed by atoms with Gasteiger partial charge in [0.1, 0.15) is 18.1 Å². The summed E-state index contributed by atoms with van der Waals surface area (Å²) < 4.78 is 6.31. The maximum absolute atomic E-state index is 13.5. The Labute approximate surface area is 250 Å². The smallest absolute Gasteiger partial charge is 0.251 e. The van der Waals surface area contributed by atoms with E-state index in [1.807, 2.05) is 83.6 Å². The minimum absolute atomic E-state index is 0.0453. The minimum atomic E-state index is -0.227. The van der Waals surface area contributed by atoms with Crippen LogP contribution in [-0.2, 0) is 16.0 Å². The van der Waals surface area contributed by atoms with E-state index in [9.17, 15) is 14.4 Å². The summed E-state index contributed by atoms with van der Waals surface area (Å²) >= 11 is 0. The quantitative estimate of drug-likeness (QED) is 0.388. The lowest BCUT2D eigenvalue weighted by molar-refractivity contribution is -0.133. The van der Waals surface area contributed by atoms with Gasteiger partial charge in [-0.25, -0.2) is 0 Å². The number of ether oxygens (including phenoxy) is 1. The van der Waals surface area contributed by atoms with Gasteiger partial charge in [-0.05, 0) is 54.1 Å². The predicted octanol–water partition coefficient (Wildman–Crippen LogP) is 3.28. The third-order valence-corrected chi connectivity index (χ3v) is 8.14. The first-order valence-corrected chi connectivity index (χ1v) is 14.6. The van der Waals surface area contributed by atoms with Crippen molar-refractivity contribution in [2.24, 2.45) is 0 Å². The number of carbonyl (C=O) groups excluding carboxylic acids is 3. The number of pyridine rings is 1. The summed E-state index contributed by atoms with van der Waals surface area (Å²) in [4.78, 5) is 47.7. The van der Waals surface area contributed by atoms with Gasteiger partial charge in [-0.1, -0.05) is 54.6 Å². The maximum Gasteiger partial charge on any atom is 0.251 e. The molecule has 2 atom stereocenters. The van der Waals surface area contributed by atoms with Crippen molar-refractivity contribution in [3.8, 4) is 17.0 Å². The number of carbonyl (C=O) groups is 3. The van der Waals surface area contributed by atoms with Crippen molar-refractivity contribution in [2.45, 2.75) is 24.9 Å². The lowest BCUT2D eigenvalue weighted by atomic mass is 10.0. The Morgan fingerprint density at radius 1 is 1.00 bits per heavy atom. The number of fused-ring (bicyclic) bond motifs is 10. The van der Waals surface area contributed by atoms with Crippen LogP contribution in [0.2, 0.25) is 0 Å². The SMILES string of the molecule is CN1CCNC(=O)c2ccc(cc2)-c2ncccc2OC[C@@H]2C[C@H](NC(=O)Cc3cccc4ccccc34)CN2C(=O)C1. The zero-order valence-electron chi connectivity index (χ0n) is 24.2. The second-order valence-corrected chi connectivity index (χ2v) is 11.2. The molecule has 1 saturated heterocycles. The number of rotatable bonds is 3. The second kappa shape index (κ2) is 12.6. The van der Waals surface area contributed by atoms with Crippen LogP contribution >= 0.6 is 0 Å². The van der Waals surface area contributed by atoms with Crippen molar-refractivity contribution >= 4 is 28.5 Å². The Balaban J connectivity index is 1.21. The van der Waals surface area contributed by atoms with Gasteiger partial charge >= 0.3 is 0 Å². The van der Waals surface area contributed by atoms with E-state index < -0.39 is 0 Å². The Hall–Kier alpha value is -4.76. The van der Waals surface area contributed by atoms with Crippen LogP contribution in [0, 0.1) is 0 Å². The van der Waals surface area contributed by atoms with E-state index in [0.29, 0.717) is 43.1 Å². The Bertz CT molecular complexity index is 1630. The molecule has 3 aliphatic rings. The second-order valence-electron chi connectivity index (χ2n) is 11.2. The maximum atomic E-state index is 13.5. The highest BCUT2D eigenvalue weighted by molar-refractivity contribution is 5.94. The molecule has 220 valence electrons. The summed E-state index contributed by atoms with van der Waals surface area (Å²) in [6.07, 6.45) is 2.55. The van der Waals surface area contributed by atoms with Crippen molar-refractivity contribution in [3.63, 3.8) is 0 Å². The molecule has 2 bridgehead atoms. The minimum Gasteiger partial charge on any atom is -0.489 e. The topological polar surface area (TPSA) is 104 Å². The Morgan fingerprint density at radius 3 is 2.65 bits per heavy atom. The Morgan fingerprint density at radius 2 is 1.79 bits per heavy atom. The molecule has 0 spiro atoms. The van der Waals surface area contributed by atoms with Gasteiger partial charge in [-0.15, -0.1) is 0 Å². The summed E-state index contributed by atoms with van der Waals surface area (Å²) in [5.41, 5.74) is 3.02. The van der Waals surface area contributed by atoms with Gasteiger partial charge in [-0.2, -0.15) is 0 Å². The molecule has 1 aromatic heterocycles. The van der Waals surface area contributed by atoms with Gasteiger partial charge < -0.3 is 20.3 Å². The van der Waals surface area contributed by atoms with Gasteiger partial charge in [-0.3, -0.25) is 24.3 Å². The summed E-state index contributed by atoms with van der Waals surface area (Å²) in [6, 6.07) is 24.6. The van der Waals surface area contributed by atoms with Crippen LogP contribution in [-0.4, -0.2) is 84.4 Å². The molecule has 9 heteroatoms. The Kier molecular flexibility index (Phi) is 8.33. The monoisotopic (exact) mass is 577 g/mol. The van der Waals surface area contributed by atoms with Gasteiger partial charge in [0.25, 0.3) is 5.91 Å². The molecule has 4 aromatic rings. The number of hydrogen-bond donors (Lipinski definition) is 2. The van der Waals surface area contributed by atoms with Crippen molar-refractivity contribution in [1.82, 2.24) is 25.4 Å². The van der Waals surface area contributed by atoms with Gasteiger partial charge in [0.2, 0.25) is 11.8 Å². The molecule has 4 heterocycles. The molecule has 3 aromatic carbocycles. The highest BCUT2D eigenvalue weighted by Gasteiger charge is 2.37. The summed E-state index contributed by atoms with van der Waals surface area (Å²) in [7, 11) is 1.86. The molecule has 1 fully saturated rings. The molecule has 0 unspecified atom stereocenters.